The normalized spacial score (nSPS) is 12.1. The second-order valence-corrected chi connectivity index (χ2v) is 3.82. The zero-order valence-corrected chi connectivity index (χ0v) is 9.41. The molecule has 0 aliphatic rings. The Hall–Kier alpha value is -1.37. The highest BCUT2D eigenvalue weighted by atomic mass is 16.4. The lowest BCUT2D eigenvalue weighted by Gasteiger charge is -2.14. The van der Waals surface area contributed by atoms with Crippen LogP contribution in [0.25, 0.3) is 0 Å². The molecule has 0 saturated carbocycles. The third kappa shape index (κ3) is 5.49. The lowest BCUT2D eigenvalue weighted by atomic mass is 9.82. The van der Waals surface area contributed by atoms with Crippen LogP contribution in [-0.2, 0) is 11.3 Å². The number of benzene rings is 1. The first-order chi connectivity index (χ1) is 8.09. The van der Waals surface area contributed by atoms with Crippen molar-refractivity contribution in [3.05, 3.63) is 35.9 Å². The smallest absolute Gasteiger partial charge is 0.451 e. The maximum atomic E-state index is 10.9. The quantitative estimate of drug-likeness (QED) is 0.505. The third-order valence-corrected chi connectivity index (χ3v) is 2.41. The van der Waals surface area contributed by atoms with Gasteiger partial charge in [-0.3, -0.25) is 4.79 Å². The number of aliphatic carboxylic acids is 1. The molecule has 0 fully saturated rings. The Kier molecular flexibility index (Phi) is 5.69. The van der Waals surface area contributed by atoms with Gasteiger partial charge in [-0.2, -0.15) is 0 Å². The van der Waals surface area contributed by atoms with Crippen molar-refractivity contribution >= 4 is 13.1 Å². The van der Waals surface area contributed by atoms with E-state index in [0.29, 0.717) is 6.54 Å². The van der Waals surface area contributed by atoms with E-state index in [1.165, 1.54) is 0 Å². The van der Waals surface area contributed by atoms with Crippen molar-refractivity contribution in [1.29, 1.82) is 0 Å². The highest BCUT2D eigenvalue weighted by Gasteiger charge is 2.19. The van der Waals surface area contributed by atoms with Gasteiger partial charge in [-0.15, -0.1) is 0 Å². The largest absolute Gasteiger partial charge is 0.480 e. The van der Waals surface area contributed by atoms with Gasteiger partial charge in [0.15, 0.2) is 0 Å². The van der Waals surface area contributed by atoms with Crippen LogP contribution in [0.1, 0.15) is 12.0 Å². The summed E-state index contributed by atoms with van der Waals surface area (Å²) >= 11 is 0. The zero-order valence-electron chi connectivity index (χ0n) is 9.41. The summed E-state index contributed by atoms with van der Waals surface area (Å²) in [5, 5.41) is 29.2. The molecule has 0 bridgehead atoms. The summed E-state index contributed by atoms with van der Waals surface area (Å²) < 4.78 is 0. The first-order valence-electron chi connectivity index (χ1n) is 5.46. The summed E-state index contributed by atoms with van der Waals surface area (Å²) in [6, 6.07) is 8.67. The molecule has 92 valence electrons. The van der Waals surface area contributed by atoms with Crippen LogP contribution in [0, 0.1) is 0 Å². The molecule has 6 heteroatoms. The fraction of sp³-hybridized carbons (Fsp3) is 0.364. The minimum absolute atomic E-state index is 0.0404. The average Bonchev–Trinajstić information content (AvgIpc) is 2.29. The standard InChI is InChI=1S/C11H16BNO4/c14-11(15)10(6-7-12(16)17)13-8-9-4-2-1-3-5-9/h1-5,10,13,16-17H,6-8H2,(H,14,15)/t10-/m1/s1. The van der Waals surface area contributed by atoms with E-state index < -0.39 is 19.1 Å². The molecule has 0 amide bonds. The van der Waals surface area contributed by atoms with Crippen molar-refractivity contribution in [2.45, 2.75) is 25.3 Å². The second kappa shape index (κ2) is 7.06. The summed E-state index contributed by atoms with van der Waals surface area (Å²) in [4.78, 5) is 10.9. The van der Waals surface area contributed by atoms with E-state index in [-0.39, 0.29) is 12.7 Å². The SMILES string of the molecule is O=C(O)[C@@H](CCB(O)O)NCc1ccccc1. The number of hydrogen-bond acceptors (Lipinski definition) is 4. The van der Waals surface area contributed by atoms with E-state index in [1.54, 1.807) is 0 Å². The topological polar surface area (TPSA) is 89.8 Å². The molecule has 0 heterocycles. The van der Waals surface area contributed by atoms with Gasteiger partial charge in [0.05, 0.1) is 0 Å². The first kappa shape index (κ1) is 13.7. The summed E-state index contributed by atoms with van der Waals surface area (Å²) in [5.74, 6) is -0.985. The summed E-state index contributed by atoms with van der Waals surface area (Å²) in [6.45, 7) is 0.444. The summed E-state index contributed by atoms with van der Waals surface area (Å²) in [5.41, 5.74) is 0.989. The van der Waals surface area contributed by atoms with Crippen LogP contribution in [0.5, 0.6) is 0 Å². The first-order valence-corrected chi connectivity index (χ1v) is 5.46. The maximum Gasteiger partial charge on any atom is 0.451 e. The van der Waals surface area contributed by atoms with E-state index in [2.05, 4.69) is 5.32 Å². The van der Waals surface area contributed by atoms with Crippen LogP contribution in [0.15, 0.2) is 30.3 Å². The monoisotopic (exact) mass is 237 g/mol. The van der Waals surface area contributed by atoms with Crippen LogP contribution < -0.4 is 5.32 Å². The Morgan fingerprint density at radius 3 is 2.47 bits per heavy atom. The highest BCUT2D eigenvalue weighted by molar-refractivity contribution is 6.40. The van der Waals surface area contributed by atoms with E-state index in [0.717, 1.165) is 5.56 Å². The van der Waals surface area contributed by atoms with Gasteiger partial charge in [0.2, 0.25) is 0 Å². The molecule has 1 atom stereocenters. The van der Waals surface area contributed by atoms with Gasteiger partial charge >= 0.3 is 13.1 Å². The predicted octanol–water partition coefficient (Wildman–Crippen LogP) is 0.0923. The molecule has 1 aromatic rings. The van der Waals surface area contributed by atoms with Gasteiger partial charge < -0.3 is 20.5 Å². The maximum absolute atomic E-state index is 10.9. The summed E-state index contributed by atoms with van der Waals surface area (Å²) in [7, 11) is -1.46. The molecule has 17 heavy (non-hydrogen) atoms. The fourth-order valence-corrected chi connectivity index (χ4v) is 1.47. The van der Waals surface area contributed by atoms with Gasteiger partial charge in [-0.25, -0.2) is 0 Å². The molecule has 0 spiro atoms. The molecule has 0 aromatic heterocycles. The van der Waals surface area contributed by atoms with E-state index in [1.807, 2.05) is 30.3 Å². The molecule has 0 unspecified atom stereocenters. The fourth-order valence-electron chi connectivity index (χ4n) is 1.47. The van der Waals surface area contributed by atoms with Crippen LogP contribution in [0.4, 0.5) is 0 Å². The Balaban J connectivity index is 2.42. The number of hydrogen-bond donors (Lipinski definition) is 4. The molecule has 0 saturated heterocycles. The number of nitrogens with one attached hydrogen (secondary N) is 1. The Morgan fingerprint density at radius 1 is 1.29 bits per heavy atom. The van der Waals surface area contributed by atoms with Crippen LogP contribution in [-0.4, -0.2) is 34.3 Å². The van der Waals surface area contributed by atoms with Gasteiger partial charge in [-0.1, -0.05) is 30.3 Å². The zero-order chi connectivity index (χ0) is 12.7. The molecule has 0 radical (unpaired) electrons. The van der Waals surface area contributed by atoms with Crippen molar-refractivity contribution in [3.63, 3.8) is 0 Å². The van der Waals surface area contributed by atoms with Gasteiger partial charge in [-0.05, 0) is 18.3 Å². The number of carboxylic acid groups (broad SMARTS) is 1. The van der Waals surface area contributed by atoms with Crippen molar-refractivity contribution in [2.24, 2.45) is 0 Å². The average molecular weight is 237 g/mol. The van der Waals surface area contributed by atoms with Gasteiger partial charge in [0.1, 0.15) is 6.04 Å². The van der Waals surface area contributed by atoms with Crippen LogP contribution in [0.3, 0.4) is 0 Å². The molecule has 1 aromatic carbocycles. The second-order valence-electron chi connectivity index (χ2n) is 3.82. The van der Waals surface area contributed by atoms with Crippen molar-refractivity contribution in [3.8, 4) is 0 Å². The van der Waals surface area contributed by atoms with E-state index in [9.17, 15) is 4.79 Å². The molecule has 4 N–H and O–H groups in total. The Morgan fingerprint density at radius 2 is 1.94 bits per heavy atom. The Bertz CT molecular complexity index is 345. The minimum Gasteiger partial charge on any atom is -0.480 e. The molecule has 0 aliphatic carbocycles. The predicted molar refractivity (Wildman–Crippen MR) is 64.3 cm³/mol. The van der Waals surface area contributed by atoms with Crippen molar-refractivity contribution in [2.75, 3.05) is 0 Å². The lowest BCUT2D eigenvalue weighted by Crippen LogP contribution is -2.37. The number of carbonyl (C=O) groups is 1. The molecular weight excluding hydrogens is 221 g/mol. The third-order valence-electron chi connectivity index (χ3n) is 2.41. The number of carboxylic acids is 1. The summed E-state index contributed by atoms with van der Waals surface area (Å²) in [6.07, 6.45) is 0.221. The lowest BCUT2D eigenvalue weighted by molar-refractivity contribution is -0.139. The van der Waals surface area contributed by atoms with Crippen LogP contribution >= 0.6 is 0 Å². The van der Waals surface area contributed by atoms with Crippen LogP contribution in [0.2, 0.25) is 6.32 Å². The molecular formula is C11H16BNO4. The van der Waals surface area contributed by atoms with Gasteiger partial charge in [0.25, 0.3) is 0 Å². The van der Waals surface area contributed by atoms with Crippen molar-refractivity contribution < 1.29 is 19.9 Å². The molecule has 5 nitrogen and oxygen atoms in total. The highest BCUT2D eigenvalue weighted by Crippen LogP contribution is 2.03. The van der Waals surface area contributed by atoms with E-state index in [4.69, 9.17) is 15.2 Å². The van der Waals surface area contributed by atoms with Crippen molar-refractivity contribution in [1.82, 2.24) is 5.32 Å². The molecule has 0 aliphatic heterocycles. The molecule has 1 rings (SSSR count). The Labute approximate surface area is 100 Å². The van der Waals surface area contributed by atoms with Gasteiger partial charge in [0, 0.05) is 6.54 Å². The minimum atomic E-state index is -1.46. The van der Waals surface area contributed by atoms with E-state index >= 15 is 0 Å². The number of rotatable bonds is 7.